The van der Waals surface area contributed by atoms with Gasteiger partial charge in [-0.2, -0.15) is 0 Å². The van der Waals surface area contributed by atoms with Crippen LogP contribution < -0.4 is 5.32 Å². The molecule has 1 aliphatic rings. The monoisotopic (exact) mass is 313 g/mol. The predicted molar refractivity (Wildman–Crippen MR) is 90.0 cm³/mol. The van der Waals surface area contributed by atoms with E-state index in [0.717, 1.165) is 36.3 Å². The number of hydrogen-bond acceptors (Lipinski definition) is 1. The average Bonchev–Trinajstić information content (AvgIpc) is 2.55. The maximum absolute atomic E-state index is 12.2. The predicted octanol–water partition coefficient (Wildman–Crippen LogP) is 4.47. The molecule has 0 saturated heterocycles. The van der Waals surface area contributed by atoms with Crippen molar-refractivity contribution in [1.29, 1.82) is 0 Å². The normalized spacial score (nSPS) is 16.9. The van der Waals surface area contributed by atoms with Crippen molar-refractivity contribution in [3.63, 3.8) is 0 Å². The highest BCUT2D eigenvalue weighted by Gasteiger charge is 2.20. The molecular formula is C19H20ClNO. The number of rotatable bonds is 4. The molecule has 1 atom stereocenters. The lowest BCUT2D eigenvalue weighted by Gasteiger charge is -2.26. The number of aryl methyl sites for hydroxylation is 2. The number of carbonyl (C=O) groups excluding carboxylic acids is 1. The first-order chi connectivity index (χ1) is 10.7. The second-order valence-corrected chi connectivity index (χ2v) is 6.27. The van der Waals surface area contributed by atoms with Gasteiger partial charge in [-0.1, -0.05) is 48.0 Å². The van der Waals surface area contributed by atoms with Crippen LogP contribution in [0.15, 0.2) is 48.5 Å². The van der Waals surface area contributed by atoms with E-state index >= 15 is 0 Å². The number of benzene rings is 2. The molecule has 0 unspecified atom stereocenters. The lowest BCUT2D eigenvalue weighted by Crippen LogP contribution is -2.31. The van der Waals surface area contributed by atoms with Gasteiger partial charge in [0.15, 0.2) is 0 Å². The van der Waals surface area contributed by atoms with Gasteiger partial charge in [0.25, 0.3) is 0 Å². The van der Waals surface area contributed by atoms with Crippen molar-refractivity contribution in [2.75, 3.05) is 0 Å². The third kappa shape index (κ3) is 3.69. The van der Waals surface area contributed by atoms with Gasteiger partial charge in [0.1, 0.15) is 0 Å². The molecule has 2 nitrogen and oxygen atoms in total. The molecule has 0 radical (unpaired) electrons. The van der Waals surface area contributed by atoms with Crippen LogP contribution in [-0.4, -0.2) is 5.91 Å². The van der Waals surface area contributed by atoms with E-state index in [1.165, 1.54) is 11.1 Å². The van der Waals surface area contributed by atoms with Gasteiger partial charge in [0, 0.05) is 11.4 Å². The highest BCUT2D eigenvalue weighted by molar-refractivity contribution is 6.30. The van der Waals surface area contributed by atoms with Crippen molar-refractivity contribution < 1.29 is 4.79 Å². The molecule has 0 fully saturated rings. The standard InChI is InChI=1S/C19H20ClNO/c20-16-11-8-14(9-12-16)10-13-19(22)21-18-7-3-5-15-4-1-2-6-17(15)18/h1-2,4,6,8-9,11-12,18H,3,5,7,10,13H2,(H,21,22)/t18-/m0/s1. The molecule has 3 rings (SSSR count). The van der Waals surface area contributed by atoms with Gasteiger partial charge in [-0.3, -0.25) is 4.79 Å². The molecule has 0 heterocycles. The van der Waals surface area contributed by atoms with Crippen molar-refractivity contribution in [2.24, 2.45) is 0 Å². The zero-order chi connectivity index (χ0) is 15.4. The fourth-order valence-corrected chi connectivity index (χ4v) is 3.21. The molecule has 1 N–H and O–H groups in total. The highest BCUT2D eigenvalue weighted by atomic mass is 35.5. The van der Waals surface area contributed by atoms with Gasteiger partial charge in [0.2, 0.25) is 5.91 Å². The Kier molecular flexibility index (Phi) is 4.79. The summed E-state index contributed by atoms with van der Waals surface area (Å²) in [6.45, 7) is 0. The van der Waals surface area contributed by atoms with E-state index < -0.39 is 0 Å². The van der Waals surface area contributed by atoms with E-state index in [-0.39, 0.29) is 11.9 Å². The summed E-state index contributed by atoms with van der Waals surface area (Å²) in [7, 11) is 0. The van der Waals surface area contributed by atoms with Gasteiger partial charge < -0.3 is 5.32 Å². The van der Waals surface area contributed by atoms with Crippen LogP contribution in [0.25, 0.3) is 0 Å². The summed E-state index contributed by atoms with van der Waals surface area (Å²) in [6, 6.07) is 16.3. The minimum atomic E-state index is 0.122. The lowest BCUT2D eigenvalue weighted by atomic mass is 9.87. The maximum Gasteiger partial charge on any atom is 0.220 e. The molecule has 2 aromatic rings. The Hall–Kier alpha value is -1.80. The van der Waals surface area contributed by atoms with Gasteiger partial charge in [-0.25, -0.2) is 0 Å². The van der Waals surface area contributed by atoms with Gasteiger partial charge in [-0.05, 0) is 54.5 Å². The molecule has 0 aromatic heterocycles. The summed E-state index contributed by atoms with van der Waals surface area (Å²) in [4.78, 5) is 12.2. The first kappa shape index (κ1) is 15.1. The Balaban J connectivity index is 1.57. The third-order valence-electron chi connectivity index (χ3n) is 4.26. The first-order valence-electron chi connectivity index (χ1n) is 7.84. The maximum atomic E-state index is 12.2. The Morgan fingerprint density at radius 2 is 1.91 bits per heavy atom. The van der Waals surface area contributed by atoms with E-state index in [4.69, 9.17) is 11.6 Å². The number of carbonyl (C=O) groups is 1. The quantitative estimate of drug-likeness (QED) is 0.886. The zero-order valence-corrected chi connectivity index (χ0v) is 13.3. The fraction of sp³-hybridized carbons (Fsp3) is 0.316. The van der Waals surface area contributed by atoms with Crippen molar-refractivity contribution in [3.05, 3.63) is 70.2 Å². The topological polar surface area (TPSA) is 29.1 Å². The molecule has 22 heavy (non-hydrogen) atoms. The molecule has 2 aromatic carbocycles. The molecule has 0 spiro atoms. The van der Waals surface area contributed by atoms with Crippen LogP contribution >= 0.6 is 11.6 Å². The summed E-state index contributed by atoms with van der Waals surface area (Å²) < 4.78 is 0. The number of hydrogen-bond donors (Lipinski definition) is 1. The van der Waals surface area contributed by atoms with Gasteiger partial charge in [0.05, 0.1) is 6.04 Å². The van der Waals surface area contributed by atoms with Crippen molar-refractivity contribution in [3.8, 4) is 0 Å². The minimum absolute atomic E-state index is 0.122. The molecule has 1 aliphatic carbocycles. The van der Waals surface area contributed by atoms with E-state index in [9.17, 15) is 4.79 Å². The van der Waals surface area contributed by atoms with Crippen LogP contribution in [0.3, 0.4) is 0 Å². The lowest BCUT2D eigenvalue weighted by molar-refractivity contribution is -0.121. The van der Waals surface area contributed by atoms with E-state index in [2.05, 4.69) is 29.6 Å². The summed E-state index contributed by atoms with van der Waals surface area (Å²) >= 11 is 5.87. The van der Waals surface area contributed by atoms with Crippen LogP contribution in [0.1, 0.15) is 42.0 Å². The van der Waals surface area contributed by atoms with Crippen molar-refractivity contribution in [2.45, 2.75) is 38.1 Å². The molecule has 114 valence electrons. The fourth-order valence-electron chi connectivity index (χ4n) is 3.08. The number of fused-ring (bicyclic) bond motifs is 1. The Morgan fingerprint density at radius 3 is 2.73 bits per heavy atom. The molecule has 0 saturated carbocycles. The minimum Gasteiger partial charge on any atom is -0.349 e. The van der Waals surface area contributed by atoms with Crippen LogP contribution in [-0.2, 0) is 17.6 Å². The zero-order valence-electron chi connectivity index (χ0n) is 12.5. The summed E-state index contributed by atoms with van der Waals surface area (Å²) in [5, 5.41) is 3.92. The SMILES string of the molecule is O=C(CCc1ccc(Cl)cc1)N[C@H]1CCCc2ccccc21. The van der Waals surface area contributed by atoms with Crippen LogP contribution in [0.5, 0.6) is 0 Å². The van der Waals surface area contributed by atoms with Crippen LogP contribution in [0.4, 0.5) is 0 Å². The van der Waals surface area contributed by atoms with Crippen molar-refractivity contribution in [1.82, 2.24) is 5.32 Å². The molecule has 3 heteroatoms. The van der Waals surface area contributed by atoms with Crippen LogP contribution in [0.2, 0.25) is 5.02 Å². The largest absolute Gasteiger partial charge is 0.349 e. The summed E-state index contributed by atoms with van der Waals surface area (Å²) in [6.07, 6.45) is 4.55. The van der Waals surface area contributed by atoms with E-state index in [1.807, 2.05) is 24.3 Å². The number of halogens is 1. The molecule has 0 bridgehead atoms. The second-order valence-electron chi connectivity index (χ2n) is 5.84. The Bertz CT molecular complexity index is 651. The first-order valence-corrected chi connectivity index (χ1v) is 8.22. The van der Waals surface area contributed by atoms with E-state index in [1.54, 1.807) is 0 Å². The number of nitrogens with one attached hydrogen (secondary N) is 1. The highest BCUT2D eigenvalue weighted by Crippen LogP contribution is 2.29. The van der Waals surface area contributed by atoms with E-state index in [0.29, 0.717) is 6.42 Å². The van der Waals surface area contributed by atoms with Crippen LogP contribution in [0, 0.1) is 0 Å². The number of amides is 1. The molecular weight excluding hydrogens is 294 g/mol. The average molecular weight is 314 g/mol. The molecule has 0 aliphatic heterocycles. The van der Waals surface area contributed by atoms with Gasteiger partial charge >= 0.3 is 0 Å². The Labute approximate surface area is 136 Å². The van der Waals surface area contributed by atoms with Gasteiger partial charge in [-0.15, -0.1) is 0 Å². The third-order valence-corrected chi connectivity index (χ3v) is 4.51. The summed E-state index contributed by atoms with van der Waals surface area (Å²) in [5.74, 6) is 0.122. The summed E-state index contributed by atoms with van der Waals surface area (Å²) in [5.41, 5.74) is 3.80. The second kappa shape index (κ2) is 6.97. The van der Waals surface area contributed by atoms with Crippen molar-refractivity contribution >= 4 is 17.5 Å². The molecule has 1 amide bonds. The Morgan fingerprint density at radius 1 is 1.14 bits per heavy atom. The smallest absolute Gasteiger partial charge is 0.220 e.